The summed E-state index contributed by atoms with van der Waals surface area (Å²) in [5.41, 5.74) is 3.45. The number of benzene rings is 2. The molecule has 0 aliphatic carbocycles. The summed E-state index contributed by atoms with van der Waals surface area (Å²) in [5.74, 6) is 1.25. The van der Waals surface area contributed by atoms with Crippen LogP contribution < -0.4 is 10.1 Å². The van der Waals surface area contributed by atoms with Crippen LogP contribution in [0.25, 0.3) is 16.9 Å². The van der Waals surface area contributed by atoms with Gasteiger partial charge in [-0.15, -0.1) is 0 Å². The number of hydrogen-bond donors (Lipinski definition) is 1. The van der Waals surface area contributed by atoms with E-state index in [2.05, 4.69) is 20.3 Å². The lowest BCUT2D eigenvalue weighted by Crippen LogP contribution is -2.25. The molecule has 1 amide bonds. The van der Waals surface area contributed by atoms with E-state index >= 15 is 0 Å². The number of aromatic nitrogens is 5. The molecule has 6 rings (SSSR count). The summed E-state index contributed by atoms with van der Waals surface area (Å²) in [6.07, 6.45) is 6.03. The smallest absolute Gasteiger partial charge is 0.282 e. The van der Waals surface area contributed by atoms with Gasteiger partial charge in [0.2, 0.25) is 5.91 Å². The Morgan fingerprint density at radius 1 is 1.00 bits per heavy atom. The van der Waals surface area contributed by atoms with Gasteiger partial charge in [0.15, 0.2) is 11.5 Å². The van der Waals surface area contributed by atoms with Crippen LogP contribution in [0.4, 0.5) is 5.69 Å². The molecule has 0 radical (unpaired) electrons. The van der Waals surface area contributed by atoms with Crippen molar-refractivity contribution in [2.45, 2.75) is 31.1 Å². The minimum atomic E-state index is -3.94. The van der Waals surface area contributed by atoms with Crippen LogP contribution in [-0.2, 0) is 21.2 Å². The number of amides is 1. The Hall–Kier alpha value is -4.55. The predicted molar refractivity (Wildman–Crippen MR) is 158 cm³/mol. The van der Waals surface area contributed by atoms with Gasteiger partial charge in [-0.05, 0) is 80.0 Å². The van der Waals surface area contributed by atoms with Gasteiger partial charge >= 0.3 is 0 Å². The normalized spacial score (nSPS) is 13.9. The van der Waals surface area contributed by atoms with Crippen molar-refractivity contribution in [1.29, 1.82) is 0 Å². The zero-order valence-electron chi connectivity index (χ0n) is 23.2. The SMILES string of the molecule is CC(=O)Nc1ccc(S(=O)(=O)n2cc(-c3cccc4nc(Cc5ccc(OCCN6CCCC6)cc5)nn34)cn2)cc1. The Morgan fingerprint density at radius 2 is 1.76 bits per heavy atom. The number of ether oxygens (including phenoxy) is 1. The quantitative estimate of drug-likeness (QED) is 0.262. The number of anilines is 1. The fraction of sp³-hybridized carbons (Fsp3) is 0.267. The van der Waals surface area contributed by atoms with Crippen LogP contribution in [0.2, 0.25) is 0 Å². The molecule has 5 aromatic rings. The van der Waals surface area contributed by atoms with E-state index in [1.54, 1.807) is 4.52 Å². The molecule has 0 bridgehead atoms. The van der Waals surface area contributed by atoms with Crippen molar-refractivity contribution in [3.63, 3.8) is 0 Å². The molecule has 4 heterocycles. The molecule has 0 unspecified atom stereocenters. The van der Waals surface area contributed by atoms with Gasteiger partial charge < -0.3 is 10.1 Å². The van der Waals surface area contributed by atoms with Crippen LogP contribution in [-0.4, -0.2) is 69.2 Å². The van der Waals surface area contributed by atoms with Gasteiger partial charge in [0.25, 0.3) is 10.0 Å². The second-order valence-corrected chi connectivity index (χ2v) is 12.0. The van der Waals surface area contributed by atoms with Crippen molar-refractivity contribution in [3.05, 3.63) is 90.5 Å². The Labute approximate surface area is 243 Å². The van der Waals surface area contributed by atoms with Crippen LogP contribution >= 0.6 is 0 Å². The monoisotopic (exact) mass is 585 g/mol. The second kappa shape index (κ2) is 11.7. The van der Waals surface area contributed by atoms with Crippen LogP contribution in [0, 0.1) is 0 Å². The standard InChI is InChI=1S/C30H31N7O4S/c1-22(38)32-25-9-13-27(14-10-25)42(39,40)36-21-24(20-31-36)28-5-4-6-30-33-29(34-37(28)30)19-23-7-11-26(12-8-23)41-18-17-35-15-2-3-16-35/h4-14,20-21H,2-3,15-19H2,1H3,(H,32,38). The van der Waals surface area contributed by atoms with E-state index < -0.39 is 10.0 Å². The first kappa shape index (κ1) is 27.6. The van der Waals surface area contributed by atoms with Crippen LogP contribution in [0.3, 0.4) is 0 Å². The molecule has 216 valence electrons. The number of hydrogen-bond acceptors (Lipinski definition) is 8. The van der Waals surface area contributed by atoms with Crippen molar-refractivity contribution in [2.24, 2.45) is 0 Å². The molecular formula is C30H31N7O4S. The maximum absolute atomic E-state index is 13.2. The largest absolute Gasteiger partial charge is 0.492 e. The maximum atomic E-state index is 13.2. The van der Waals surface area contributed by atoms with E-state index in [1.807, 2.05) is 42.5 Å². The van der Waals surface area contributed by atoms with E-state index in [1.165, 1.54) is 56.4 Å². The average molecular weight is 586 g/mol. The van der Waals surface area contributed by atoms with Gasteiger partial charge in [0.1, 0.15) is 12.4 Å². The molecule has 12 heteroatoms. The highest BCUT2D eigenvalue weighted by atomic mass is 32.2. The molecule has 2 aromatic carbocycles. The highest BCUT2D eigenvalue weighted by Gasteiger charge is 2.20. The fourth-order valence-corrected chi connectivity index (χ4v) is 6.14. The highest BCUT2D eigenvalue weighted by molar-refractivity contribution is 7.89. The average Bonchev–Trinajstić information content (AvgIpc) is 3.75. The summed E-state index contributed by atoms with van der Waals surface area (Å²) in [7, 11) is -3.94. The molecule has 0 saturated carbocycles. The van der Waals surface area contributed by atoms with Gasteiger partial charge in [-0.2, -0.15) is 22.7 Å². The number of nitrogens with zero attached hydrogens (tertiary/aromatic N) is 6. The van der Waals surface area contributed by atoms with Crippen LogP contribution in [0.1, 0.15) is 31.2 Å². The Kier molecular flexibility index (Phi) is 7.72. The molecule has 11 nitrogen and oxygen atoms in total. The van der Waals surface area contributed by atoms with E-state index in [-0.39, 0.29) is 10.8 Å². The third kappa shape index (κ3) is 6.04. The predicted octanol–water partition coefficient (Wildman–Crippen LogP) is 3.85. The highest BCUT2D eigenvalue weighted by Crippen LogP contribution is 2.23. The van der Waals surface area contributed by atoms with Gasteiger partial charge in [-0.1, -0.05) is 18.2 Å². The van der Waals surface area contributed by atoms with E-state index in [4.69, 9.17) is 9.84 Å². The molecule has 0 spiro atoms. The topological polar surface area (TPSA) is 124 Å². The minimum absolute atomic E-state index is 0.0514. The second-order valence-electron chi connectivity index (χ2n) is 10.2. The zero-order valence-corrected chi connectivity index (χ0v) is 24.0. The third-order valence-corrected chi connectivity index (χ3v) is 8.70. The van der Waals surface area contributed by atoms with Crippen molar-refractivity contribution in [2.75, 3.05) is 31.6 Å². The summed E-state index contributed by atoms with van der Waals surface area (Å²) in [5, 5.41) is 11.5. The number of pyridine rings is 1. The summed E-state index contributed by atoms with van der Waals surface area (Å²) < 4.78 is 34.9. The number of carbonyl (C=O) groups is 1. The van der Waals surface area contributed by atoms with Crippen LogP contribution in [0.5, 0.6) is 5.75 Å². The van der Waals surface area contributed by atoms with E-state index in [9.17, 15) is 13.2 Å². The lowest BCUT2D eigenvalue weighted by Gasteiger charge is -2.14. The third-order valence-electron chi connectivity index (χ3n) is 7.14. The van der Waals surface area contributed by atoms with Crippen molar-refractivity contribution in [3.8, 4) is 17.0 Å². The number of likely N-dealkylation sites (tertiary alicyclic amines) is 1. The number of rotatable bonds is 10. The number of nitrogens with one attached hydrogen (secondary N) is 1. The van der Waals surface area contributed by atoms with Gasteiger partial charge in [0.05, 0.1) is 23.0 Å². The van der Waals surface area contributed by atoms with E-state index in [0.29, 0.717) is 41.4 Å². The van der Waals surface area contributed by atoms with Gasteiger partial charge in [-0.3, -0.25) is 9.69 Å². The molecule has 1 aliphatic rings. The molecule has 42 heavy (non-hydrogen) atoms. The summed E-state index contributed by atoms with van der Waals surface area (Å²) >= 11 is 0. The molecule has 1 saturated heterocycles. The molecule has 0 atom stereocenters. The van der Waals surface area contributed by atoms with Gasteiger partial charge in [-0.25, -0.2) is 9.50 Å². The first-order chi connectivity index (χ1) is 20.3. The Balaban J connectivity index is 1.16. The fourth-order valence-electron chi connectivity index (χ4n) is 5.02. The first-order valence-electron chi connectivity index (χ1n) is 13.8. The molecular weight excluding hydrogens is 554 g/mol. The lowest BCUT2D eigenvalue weighted by molar-refractivity contribution is -0.114. The van der Waals surface area contributed by atoms with Crippen molar-refractivity contribution >= 4 is 27.3 Å². The first-order valence-corrected chi connectivity index (χ1v) is 15.3. The summed E-state index contributed by atoms with van der Waals surface area (Å²) in [6, 6.07) is 19.5. The van der Waals surface area contributed by atoms with Gasteiger partial charge in [0, 0.05) is 31.1 Å². The zero-order chi connectivity index (χ0) is 29.1. The summed E-state index contributed by atoms with van der Waals surface area (Å²) in [6.45, 7) is 5.34. The minimum Gasteiger partial charge on any atom is -0.492 e. The molecule has 1 N–H and O–H groups in total. The number of carbonyl (C=O) groups excluding carboxylic acids is 1. The lowest BCUT2D eigenvalue weighted by atomic mass is 10.1. The Morgan fingerprint density at radius 3 is 2.50 bits per heavy atom. The maximum Gasteiger partial charge on any atom is 0.282 e. The van der Waals surface area contributed by atoms with Crippen molar-refractivity contribution in [1.82, 2.24) is 28.7 Å². The molecule has 1 aliphatic heterocycles. The van der Waals surface area contributed by atoms with E-state index in [0.717, 1.165) is 35.0 Å². The van der Waals surface area contributed by atoms with Crippen molar-refractivity contribution < 1.29 is 17.9 Å². The molecule has 3 aromatic heterocycles. The molecule has 1 fully saturated rings. The number of fused-ring (bicyclic) bond motifs is 1. The Bertz CT molecular complexity index is 1810. The van der Waals surface area contributed by atoms with Crippen LogP contribution in [0.15, 0.2) is 84.0 Å². The summed E-state index contributed by atoms with van der Waals surface area (Å²) in [4.78, 5) is 18.4.